The summed E-state index contributed by atoms with van der Waals surface area (Å²) in [6.45, 7) is 1.23. The zero-order valence-corrected chi connectivity index (χ0v) is 10.9. The number of nitrogens with one attached hydrogen (secondary N) is 1. The normalized spacial score (nSPS) is 15.1. The first-order chi connectivity index (χ1) is 8.58. The molecule has 1 saturated carbocycles. The summed E-state index contributed by atoms with van der Waals surface area (Å²) in [5, 5.41) is 7.42. The summed E-state index contributed by atoms with van der Waals surface area (Å²) < 4.78 is 13.8. The molecule has 1 fully saturated rings. The number of rotatable bonds is 6. The van der Waals surface area contributed by atoms with Gasteiger partial charge >= 0.3 is 0 Å². The number of nitrogens with zero attached hydrogens (tertiary/aromatic N) is 1. The molecule has 0 spiro atoms. The van der Waals surface area contributed by atoms with Crippen LogP contribution in [0.2, 0.25) is 5.02 Å². The van der Waals surface area contributed by atoms with Crippen LogP contribution in [-0.4, -0.2) is 23.3 Å². The van der Waals surface area contributed by atoms with Gasteiger partial charge in [-0.25, -0.2) is 4.39 Å². The van der Waals surface area contributed by atoms with Crippen LogP contribution >= 0.6 is 11.6 Å². The largest absolute Gasteiger partial charge is 0.388 e. The van der Waals surface area contributed by atoms with E-state index in [0.717, 1.165) is 12.8 Å². The average Bonchev–Trinajstić information content (AvgIpc) is 3.13. The van der Waals surface area contributed by atoms with Crippen molar-refractivity contribution in [3.63, 3.8) is 0 Å². The summed E-state index contributed by atoms with van der Waals surface area (Å²) in [7, 11) is 0. The molecule has 98 valence electrons. The number of halogens is 2. The Bertz CT molecular complexity index is 446. The lowest BCUT2D eigenvalue weighted by Gasteiger charge is -2.22. The lowest BCUT2D eigenvalue weighted by Crippen LogP contribution is -2.30. The predicted molar refractivity (Wildman–Crippen MR) is 71.4 cm³/mol. The van der Waals surface area contributed by atoms with Gasteiger partial charge in [-0.3, -0.25) is 10.3 Å². The average molecular weight is 270 g/mol. The second-order valence-corrected chi connectivity index (χ2v) is 5.10. The van der Waals surface area contributed by atoms with Gasteiger partial charge in [-0.1, -0.05) is 23.7 Å². The lowest BCUT2D eigenvalue weighted by atomic mass is 10.2. The van der Waals surface area contributed by atoms with E-state index in [-0.39, 0.29) is 16.7 Å². The molecule has 0 heterocycles. The lowest BCUT2D eigenvalue weighted by molar-refractivity contribution is 0.258. The Morgan fingerprint density at radius 2 is 2.22 bits per heavy atom. The van der Waals surface area contributed by atoms with Gasteiger partial charge in [0.05, 0.1) is 10.9 Å². The van der Waals surface area contributed by atoms with E-state index in [1.807, 2.05) is 0 Å². The topological polar surface area (TPSA) is 53.1 Å². The van der Waals surface area contributed by atoms with Crippen molar-refractivity contribution in [2.24, 2.45) is 5.73 Å². The van der Waals surface area contributed by atoms with Crippen molar-refractivity contribution in [3.05, 3.63) is 34.6 Å². The molecule has 0 amide bonds. The molecule has 18 heavy (non-hydrogen) atoms. The van der Waals surface area contributed by atoms with Crippen molar-refractivity contribution in [2.75, 3.05) is 6.54 Å². The summed E-state index contributed by atoms with van der Waals surface area (Å²) in [5.41, 5.74) is 5.98. The highest BCUT2D eigenvalue weighted by Crippen LogP contribution is 2.29. The van der Waals surface area contributed by atoms with Gasteiger partial charge in [0.15, 0.2) is 0 Å². The molecule has 0 aromatic heterocycles. The quantitative estimate of drug-likeness (QED) is 0.616. The Kier molecular flexibility index (Phi) is 4.19. The second kappa shape index (κ2) is 5.67. The molecule has 0 radical (unpaired) electrons. The zero-order chi connectivity index (χ0) is 13.1. The maximum Gasteiger partial charge on any atom is 0.146 e. The molecule has 3 nitrogen and oxygen atoms in total. The number of benzene rings is 1. The maximum atomic E-state index is 13.8. The van der Waals surface area contributed by atoms with Crippen LogP contribution in [0.1, 0.15) is 24.8 Å². The molecule has 3 N–H and O–H groups in total. The smallest absolute Gasteiger partial charge is 0.146 e. The molecule has 1 aromatic rings. The first kappa shape index (κ1) is 13.3. The van der Waals surface area contributed by atoms with E-state index in [4.69, 9.17) is 22.7 Å². The van der Waals surface area contributed by atoms with Gasteiger partial charge in [0.25, 0.3) is 0 Å². The standard InChI is InChI=1S/C13H17ClFN3/c14-11-3-1-2-9(13(11)15)8-18(10-4-5-10)7-6-12(16)17/h1-3,10H,4-8H2,(H3,16,17). The first-order valence-electron chi connectivity index (χ1n) is 6.07. The highest BCUT2D eigenvalue weighted by atomic mass is 35.5. The molecule has 1 aliphatic rings. The molecule has 1 aliphatic carbocycles. The van der Waals surface area contributed by atoms with E-state index in [9.17, 15) is 4.39 Å². The summed E-state index contributed by atoms with van der Waals surface area (Å²) in [4.78, 5) is 2.18. The highest BCUT2D eigenvalue weighted by molar-refractivity contribution is 6.30. The third kappa shape index (κ3) is 3.43. The van der Waals surface area contributed by atoms with Crippen LogP contribution in [0.4, 0.5) is 4.39 Å². The molecular weight excluding hydrogens is 253 g/mol. The molecule has 0 saturated heterocycles. The van der Waals surface area contributed by atoms with Crippen LogP contribution in [0, 0.1) is 11.2 Å². The molecule has 0 unspecified atom stereocenters. The van der Waals surface area contributed by atoms with Gasteiger partial charge in [0, 0.05) is 31.1 Å². The minimum absolute atomic E-state index is 0.162. The van der Waals surface area contributed by atoms with Crippen LogP contribution in [0.15, 0.2) is 18.2 Å². The molecular formula is C13H17ClFN3. The van der Waals surface area contributed by atoms with Crippen LogP contribution in [0.5, 0.6) is 0 Å². The molecule has 0 aliphatic heterocycles. The van der Waals surface area contributed by atoms with E-state index in [2.05, 4.69) is 4.90 Å². The van der Waals surface area contributed by atoms with Crippen LogP contribution in [0.3, 0.4) is 0 Å². The van der Waals surface area contributed by atoms with Gasteiger partial charge in [0.1, 0.15) is 5.82 Å². The fraction of sp³-hybridized carbons (Fsp3) is 0.462. The second-order valence-electron chi connectivity index (χ2n) is 4.69. The van der Waals surface area contributed by atoms with Crippen molar-refractivity contribution in [1.29, 1.82) is 5.41 Å². The molecule has 1 aromatic carbocycles. The van der Waals surface area contributed by atoms with Crippen molar-refractivity contribution in [2.45, 2.75) is 31.8 Å². The van der Waals surface area contributed by atoms with E-state index in [1.165, 1.54) is 0 Å². The number of nitrogens with two attached hydrogens (primary N) is 1. The number of amidine groups is 1. The van der Waals surface area contributed by atoms with Gasteiger partial charge in [-0.15, -0.1) is 0 Å². The Morgan fingerprint density at radius 1 is 1.50 bits per heavy atom. The monoisotopic (exact) mass is 269 g/mol. The minimum Gasteiger partial charge on any atom is -0.388 e. The van der Waals surface area contributed by atoms with Crippen LogP contribution in [0.25, 0.3) is 0 Å². The van der Waals surface area contributed by atoms with Gasteiger partial charge in [-0.05, 0) is 18.9 Å². The third-order valence-electron chi connectivity index (χ3n) is 3.14. The Labute approximate surface area is 111 Å². The van der Waals surface area contributed by atoms with Crippen molar-refractivity contribution < 1.29 is 4.39 Å². The van der Waals surface area contributed by atoms with Crippen LogP contribution < -0.4 is 5.73 Å². The molecule has 0 atom stereocenters. The molecule has 0 bridgehead atoms. The molecule has 5 heteroatoms. The minimum atomic E-state index is -0.340. The zero-order valence-electron chi connectivity index (χ0n) is 10.1. The third-order valence-corrected chi connectivity index (χ3v) is 3.43. The summed E-state index contributed by atoms with van der Waals surface area (Å²) in [6, 6.07) is 5.57. The van der Waals surface area contributed by atoms with E-state index >= 15 is 0 Å². The van der Waals surface area contributed by atoms with E-state index in [1.54, 1.807) is 18.2 Å². The van der Waals surface area contributed by atoms with Gasteiger partial charge in [0.2, 0.25) is 0 Å². The van der Waals surface area contributed by atoms with Crippen molar-refractivity contribution in [1.82, 2.24) is 4.90 Å². The van der Waals surface area contributed by atoms with E-state index < -0.39 is 0 Å². The summed E-state index contributed by atoms with van der Waals surface area (Å²) >= 11 is 5.77. The van der Waals surface area contributed by atoms with Crippen LogP contribution in [-0.2, 0) is 6.54 Å². The first-order valence-corrected chi connectivity index (χ1v) is 6.45. The Balaban J connectivity index is 2.04. The predicted octanol–water partition coefficient (Wildman–Crippen LogP) is 2.77. The molecule has 2 rings (SSSR count). The summed E-state index contributed by atoms with van der Waals surface area (Å²) in [6.07, 6.45) is 2.80. The SMILES string of the molecule is N=C(N)CCN(Cc1cccc(Cl)c1F)C1CC1. The van der Waals surface area contributed by atoms with Gasteiger partial charge < -0.3 is 5.73 Å². The van der Waals surface area contributed by atoms with Crippen molar-refractivity contribution >= 4 is 17.4 Å². The Morgan fingerprint density at radius 3 is 2.83 bits per heavy atom. The van der Waals surface area contributed by atoms with E-state index in [0.29, 0.717) is 31.1 Å². The Hall–Kier alpha value is -1.13. The van der Waals surface area contributed by atoms with Crippen molar-refractivity contribution in [3.8, 4) is 0 Å². The van der Waals surface area contributed by atoms with Gasteiger partial charge in [-0.2, -0.15) is 0 Å². The fourth-order valence-electron chi connectivity index (χ4n) is 1.98. The number of hydrogen-bond donors (Lipinski definition) is 2. The fourth-order valence-corrected chi connectivity index (χ4v) is 2.18. The highest BCUT2D eigenvalue weighted by Gasteiger charge is 2.29. The number of hydrogen-bond acceptors (Lipinski definition) is 2. The maximum absolute atomic E-state index is 13.8. The summed E-state index contributed by atoms with van der Waals surface area (Å²) in [5.74, 6) is -0.167.